The summed E-state index contributed by atoms with van der Waals surface area (Å²) in [4.78, 5) is 15.0. The third-order valence-electron chi connectivity index (χ3n) is 7.54. The summed E-state index contributed by atoms with van der Waals surface area (Å²) in [6.07, 6.45) is 3.30. The first kappa shape index (κ1) is 25.7. The van der Waals surface area contributed by atoms with Gasteiger partial charge in [-0.3, -0.25) is 4.79 Å². The van der Waals surface area contributed by atoms with Crippen LogP contribution in [0.1, 0.15) is 58.9 Å². The van der Waals surface area contributed by atoms with Gasteiger partial charge in [0, 0.05) is 24.0 Å². The number of aliphatic hydroxyl groups excluding tert-OH is 1. The van der Waals surface area contributed by atoms with E-state index >= 15 is 0 Å². The topological polar surface area (TPSA) is 98.1 Å². The van der Waals surface area contributed by atoms with Gasteiger partial charge in [-0.05, 0) is 83.3 Å². The van der Waals surface area contributed by atoms with Crippen molar-refractivity contribution >= 4 is 10.9 Å². The first-order valence-corrected chi connectivity index (χ1v) is 13.3. The molecule has 38 heavy (non-hydrogen) atoms. The third-order valence-corrected chi connectivity index (χ3v) is 7.54. The number of aromatic nitrogens is 1. The van der Waals surface area contributed by atoms with Crippen LogP contribution in [-0.4, -0.2) is 22.7 Å². The SMILES string of the molecule is CCc1cc2c(cc1CC)CC(NC[C@@H](O)c1ccc(OCc3ccc(C#N)cc3)c3[nH]c(=O)ccc13)C2. The van der Waals surface area contributed by atoms with Crippen molar-refractivity contribution in [3.05, 3.63) is 110 Å². The van der Waals surface area contributed by atoms with Crippen LogP contribution >= 0.6 is 0 Å². The molecule has 0 saturated heterocycles. The van der Waals surface area contributed by atoms with Crippen molar-refractivity contribution in [2.45, 2.75) is 58.3 Å². The van der Waals surface area contributed by atoms with Crippen LogP contribution in [0.15, 0.2) is 65.5 Å². The van der Waals surface area contributed by atoms with Crippen LogP contribution < -0.4 is 15.6 Å². The molecule has 5 rings (SSSR count). The number of nitrogens with one attached hydrogen (secondary N) is 2. The average Bonchev–Trinajstić information content (AvgIpc) is 3.35. The van der Waals surface area contributed by atoms with Gasteiger partial charge in [0.2, 0.25) is 5.56 Å². The molecular weight excluding hydrogens is 474 g/mol. The lowest BCUT2D eigenvalue weighted by atomic mass is 9.97. The van der Waals surface area contributed by atoms with E-state index in [1.807, 2.05) is 18.2 Å². The zero-order valence-corrected chi connectivity index (χ0v) is 21.9. The molecule has 0 unspecified atom stereocenters. The maximum absolute atomic E-state index is 12.1. The molecule has 1 atom stereocenters. The monoisotopic (exact) mass is 507 g/mol. The minimum atomic E-state index is -0.739. The van der Waals surface area contributed by atoms with E-state index in [4.69, 9.17) is 10.00 Å². The summed E-state index contributed by atoms with van der Waals surface area (Å²) >= 11 is 0. The van der Waals surface area contributed by atoms with Crippen molar-refractivity contribution in [2.75, 3.05) is 6.54 Å². The van der Waals surface area contributed by atoms with Gasteiger partial charge in [-0.1, -0.05) is 44.2 Å². The highest BCUT2D eigenvalue weighted by Gasteiger charge is 2.24. The highest BCUT2D eigenvalue weighted by molar-refractivity contribution is 5.87. The molecule has 0 saturated carbocycles. The first-order valence-electron chi connectivity index (χ1n) is 13.3. The lowest BCUT2D eigenvalue weighted by Crippen LogP contribution is -2.33. The Balaban J connectivity index is 1.29. The summed E-state index contributed by atoms with van der Waals surface area (Å²) in [5, 5.41) is 24.5. The van der Waals surface area contributed by atoms with Gasteiger partial charge >= 0.3 is 0 Å². The molecule has 0 amide bonds. The maximum Gasteiger partial charge on any atom is 0.248 e. The zero-order valence-electron chi connectivity index (χ0n) is 21.9. The van der Waals surface area contributed by atoms with Crippen molar-refractivity contribution in [3.8, 4) is 11.8 Å². The second-order valence-electron chi connectivity index (χ2n) is 9.99. The molecule has 0 bridgehead atoms. The Morgan fingerprint density at radius 1 is 1.03 bits per heavy atom. The standard InChI is InChI=1S/C32H33N3O3/c1-3-22-13-24-15-26(16-25(24)14-23(22)4-2)34-18-29(36)27-9-11-30(32-28(27)10-12-31(37)35-32)38-19-21-7-5-20(17-33)6-8-21/h5-14,26,29,34,36H,3-4,15-16,18-19H2,1-2H3,(H,35,37)/t29-/m1/s1. The van der Waals surface area contributed by atoms with Gasteiger partial charge in [-0.2, -0.15) is 5.26 Å². The predicted molar refractivity (Wildman–Crippen MR) is 149 cm³/mol. The normalized spacial score (nSPS) is 13.8. The summed E-state index contributed by atoms with van der Waals surface area (Å²) in [6, 6.07) is 21.2. The van der Waals surface area contributed by atoms with Crippen LogP contribution in [0.2, 0.25) is 0 Å². The van der Waals surface area contributed by atoms with Crippen LogP contribution in [0.3, 0.4) is 0 Å². The Labute approximate surface area is 222 Å². The van der Waals surface area contributed by atoms with E-state index in [2.05, 4.69) is 42.4 Å². The third kappa shape index (κ3) is 5.35. The molecule has 0 aliphatic heterocycles. The summed E-state index contributed by atoms with van der Waals surface area (Å²) in [7, 11) is 0. The number of fused-ring (bicyclic) bond motifs is 2. The fraction of sp³-hybridized carbons (Fsp3) is 0.312. The molecule has 3 aromatic carbocycles. The quantitative estimate of drug-likeness (QED) is 0.300. The molecule has 1 heterocycles. The maximum atomic E-state index is 12.1. The number of nitriles is 1. The first-order chi connectivity index (χ1) is 18.5. The molecule has 1 aliphatic carbocycles. The minimum Gasteiger partial charge on any atom is -0.487 e. The summed E-state index contributed by atoms with van der Waals surface area (Å²) in [5.74, 6) is 0.538. The number of ether oxygens (including phenoxy) is 1. The van der Waals surface area contributed by atoms with Crippen molar-refractivity contribution in [3.63, 3.8) is 0 Å². The molecule has 6 nitrogen and oxygen atoms in total. The molecule has 0 spiro atoms. The molecule has 3 N–H and O–H groups in total. The minimum absolute atomic E-state index is 0.230. The van der Waals surface area contributed by atoms with Gasteiger partial charge in [0.25, 0.3) is 0 Å². The number of pyridine rings is 1. The van der Waals surface area contributed by atoms with Gasteiger partial charge in [-0.25, -0.2) is 0 Å². The van der Waals surface area contributed by atoms with Crippen molar-refractivity contribution in [2.24, 2.45) is 0 Å². The number of H-pyrrole nitrogens is 1. The van der Waals surface area contributed by atoms with Crippen LogP contribution in [-0.2, 0) is 32.3 Å². The largest absolute Gasteiger partial charge is 0.487 e. The number of aromatic amines is 1. The van der Waals surface area contributed by atoms with E-state index in [0.717, 1.165) is 42.2 Å². The summed E-state index contributed by atoms with van der Waals surface area (Å²) < 4.78 is 6.03. The second kappa shape index (κ2) is 11.2. The Morgan fingerprint density at radius 3 is 2.34 bits per heavy atom. The number of aryl methyl sites for hydroxylation is 2. The Bertz CT molecular complexity index is 1520. The highest BCUT2D eigenvalue weighted by atomic mass is 16.5. The summed E-state index contributed by atoms with van der Waals surface area (Å²) in [6.45, 7) is 5.13. The van der Waals surface area contributed by atoms with E-state index in [1.165, 1.54) is 28.3 Å². The molecule has 0 fully saturated rings. The van der Waals surface area contributed by atoms with Crippen LogP contribution in [0, 0.1) is 11.3 Å². The van der Waals surface area contributed by atoms with Crippen molar-refractivity contribution in [1.82, 2.24) is 10.3 Å². The lowest BCUT2D eigenvalue weighted by Gasteiger charge is -2.19. The molecule has 1 aromatic heterocycles. The number of hydrogen-bond donors (Lipinski definition) is 3. The van der Waals surface area contributed by atoms with E-state index in [0.29, 0.717) is 30.0 Å². The van der Waals surface area contributed by atoms with Crippen LogP contribution in [0.5, 0.6) is 5.75 Å². The van der Waals surface area contributed by atoms with Crippen molar-refractivity contribution < 1.29 is 9.84 Å². The van der Waals surface area contributed by atoms with Crippen LogP contribution in [0.4, 0.5) is 0 Å². The molecule has 0 radical (unpaired) electrons. The van der Waals surface area contributed by atoms with Gasteiger partial charge in [-0.15, -0.1) is 0 Å². The number of aliphatic hydroxyl groups is 1. The second-order valence-corrected chi connectivity index (χ2v) is 9.99. The lowest BCUT2D eigenvalue weighted by molar-refractivity contribution is 0.171. The average molecular weight is 508 g/mol. The Kier molecular flexibility index (Phi) is 7.59. The number of hydrogen-bond acceptors (Lipinski definition) is 5. The number of benzene rings is 3. The Morgan fingerprint density at radius 2 is 1.71 bits per heavy atom. The fourth-order valence-electron chi connectivity index (χ4n) is 5.46. The molecule has 6 heteroatoms. The Hall–Kier alpha value is -3.92. The van der Waals surface area contributed by atoms with E-state index < -0.39 is 6.10 Å². The van der Waals surface area contributed by atoms with Crippen molar-refractivity contribution in [1.29, 1.82) is 5.26 Å². The predicted octanol–water partition coefficient (Wildman–Crippen LogP) is 4.89. The van der Waals surface area contributed by atoms with E-state index in [1.54, 1.807) is 24.3 Å². The molecule has 4 aromatic rings. The number of rotatable bonds is 9. The van der Waals surface area contributed by atoms with Gasteiger partial charge < -0.3 is 20.1 Å². The molecular formula is C32H33N3O3. The molecule has 194 valence electrons. The van der Waals surface area contributed by atoms with Gasteiger partial charge in [0.05, 0.1) is 23.3 Å². The molecule has 1 aliphatic rings. The van der Waals surface area contributed by atoms with Crippen LogP contribution in [0.25, 0.3) is 10.9 Å². The van der Waals surface area contributed by atoms with E-state index in [-0.39, 0.29) is 11.6 Å². The smallest absolute Gasteiger partial charge is 0.248 e. The fourth-order valence-corrected chi connectivity index (χ4v) is 5.46. The van der Waals surface area contributed by atoms with Gasteiger partial charge in [0.1, 0.15) is 12.4 Å². The highest BCUT2D eigenvalue weighted by Crippen LogP contribution is 2.31. The number of nitrogens with zero attached hydrogens (tertiary/aromatic N) is 1. The van der Waals surface area contributed by atoms with E-state index in [9.17, 15) is 9.90 Å². The van der Waals surface area contributed by atoms with Gasteiger partial charge in [0.15, 0.2) is 0 Å². The summed E-state index contributed by atoms with van der Waals surface area (Å²) in [5.41, 5.74) is 8.29. The zero-order chi connectivity index (χ0) is 26.6.